The van der Waals surface area contributed by atoms with Gasteiger partial charge in [0, 0.05) is 6.04 Å². The molecule has 0 fully saturated rings. The van der Waals surface area contributed by atoms with Crippen LogP contribution in [0.1, 0.15) is 38.3 Å². The molecule has 2 N–H and O–H groups in total. The topological polar surface area (TPSA) is 35.2 Å². The summed E-state index contributed by atoms with van der Waals surface area (Å²) in [6.07, 6.45) is 2.12. The lowest BCUT2D eigenvalue weighted by Gasteiger charge is -2.15. The number of halogens is 2. The van der Waals surface area contributed by atoms with Crippen LogP contribution in [0.25, 0.3) is 0 Å². The van der Waals surface area contributed by atoms with E-state index >= 15 is 0 Å². The van der Waals surface area contributed by atoms with Crippen molar-refractivity contribution in [2.45, 2.75) is 32.7 Å². The number of hydrogen-bond acceptors (Lipinski definition) is 2. The van der Waals surface area contributed by atoms with E-state index in [1.165, 1.54) is 0 Å². The van der Waals surface area contributed by atoms with Crippen molar-refractivity contribution >= 4 is 24.0 Å². The van der Waals surface area contributed by atoms with E-state index < -0.39 is 0 Å². The van der Waals surface area contributed by atoms with Crippen LogP contribution >= 0.6 is 24.0 Å². The van der Waals surface area contributed by atoms with Gasteiger partial charge in [-0.3, -0.25) is 0 Å². The molecule has 0 unspecified atom stereocenters. The molecule has 0 bridgehead atoms. The van der Waals surface area contributed by atoms with E-state index in [9.17, 15) is 0 Å². The van der Waals surface area contributed by atoms with Crippen LogP contribution in [0.15, 0.2) is 18.2 Å². The van der Waals surface area contributed by atoms with E-state index in [-0.39, 0.29) is 18.4 Å². The van der Waals surface area contributed by atoms with Crippen molar-refractivity contribution in [2.75, 3.05) is 7.11 Å². The summed E-state index contributed by atoms with van der Waals surface area (Å²) in [5.74, 6) is 1.37. The van der Waals surface area contributed by atoms with Gasteiger partial charge in [-0.2, -0.15) is 0 Å². The summed E-state index contributed by atoms with van der Waals surface area (Å²) in [5.41, 5.74) is 7.20. The van der Waals surface area contributed by atoms with Gasteiger partial charge in [-0.25, -0.2) is 0 Å². The molecule has 17 heavy (non-hydrogen) atoms. The molecule has 0 heterocycles. The van der Waals surface area contributed by atoms with Crippen molar-refractivity contribution in [1.29, 1.82) is 0 Å². The van der Waals surface area contributed by atoms with Gasteiger partial charge in [-0.05, 0) is 36.5 Å². The van der Waals surface area contributed by atoms with Gasteiger partial charge in [-0.1, -0.05) is 31.5 Å². The zero-order valence-corrected chi connectivity index (χ0v) is 12.1. The summed E-state index contributed by atoms with van der Waals surface area (Å²) in [4.78, 5) is 0. The van der Waals surface area contributed by atoms with Crippen molar-refractivity contribution in [2.24, 2.45) is 11.7 Å². The lowest BCUT2D eigenvalue weighted by atomic mass is 9.98. The van der Waals surface area contributed by atoms with Crippen LogP contribution in [0.3, 0.4) is 0 Å². The average molecular weight is 278 g/mol. The molecule has 1 atom stereocenters. The lowest BCUT2D eigenvalue weighted by Crippen LogP contribution is -2.11. The van der Waals surface area contributed by atoms with Gasteiger partial charge < -0.3 is 10.5 Å². The molecule has 0 aliphatic heterocycles. The third-order valence-corrected chi connectivity index (χ3v) is 2.97. The first-order valence-electron chi connectivity index (χ1n) is 5.63. The molecule has 0 aromatic heterocycles. The smallest absolute Gasteiger partial charge is 0.137 e. The third kappa shape index (κ3) is 5.15. The largest absolute Gasteiger partial charge is 0.495 e. The summed E-state index contributed by atoms with van der Waals surface area (Å²) in [7, 11) is 1.62. The van der Waals surface area contributed by atoms with Crippen molar-refractivity contribution in [3.05, 3.63) is 28.8 Å². The Balaban J connectivity index is 0.00000256. The Kier molecular flexibility index (Phi) is 7.60. The van der Waals surface area contributed by atoms with Gasteiger partial charge in [0.15, 0.2) is 0 Å². The number of methoxy groups -OCH3 is 1. The summed E-state index contributed by atoms with van der Waals surface area (Å²) < 4.78 is 5.17. The predicted octanol–water partition coefficient (Wildman–Crippen LogP) is 4.21. The lowest BCUT2D eigenvalue weighted by molar-refractivity contribution is 0.413. The zero-order valence-electron chi connectivity index (χ0n) is 10.6. The molecule has 1 aromatic rings. The Bertz CT molecular complexity index is 342. The highest BCUT2D eigenvalue weighted by Crippen LogP contribution is 2.28. The van der Waals surface area contributed by atoms with Crippen molar-refractivity contribution in [3.8, 4) is 5.75 Å². The van der Waals surface area contributed by atoms with Gasteiger partial charge in [0.05, 0.1) is 12.1 Å². The Labute approximate surface area is 115 Å². The second-order valence-electron chi connectivity index (χ2n) is 4.47. The minimum Gasteiger partial charge on any atom is -0.495 e. The van der Waals surface area contributed by atoms with Crippen LogP contribution < -0.4 is 10.5 Å². The molecule has 0 spiro atoms. The van der Waals surface area contributed by atoms with Crippen LogP contribution in [0.2, 0.25) is 5.02 Å². The first-order chi connectivity index (χ1) is 7.54. The highest BCUT2D eigenvalue weighted by Gasteiger charge is 2.09. The monoisotopic (exact) mass is 277 g/mol. The van der Waals surface area contributed by atoms with E-state index in [0.29, 0.717) is 16.7 Å². The average Bonchev–Trinajstić information content (AvgIpc) is 2.26. The summed E-state index contributed by atoms with van der Waals surface area (Å²) in [6.45, 7) is 4.41. The number of benzene rings is 1. The Hall–Kier alpha value is -0.440. The molecule has 0 amide bonds. The fraction of sp³-hybridized carbons (Fsp3) is 0.538. The molecule has 2 nitrogen and oxygen atoms in total. The van der Waals surface area contributed by atoms with Gasteiger partial charge in [0.25, 0.3) is 0 Å². The SMILES string of the molecule is COc1cc([C@H](N)CCC(C)C)ccc1Cl.Cl. The highest BCUT2D eigenvalue weighted by atomic mass is 35.5. The van der Waals surface area contributed by atoms with Crippen LogP contribution in [0.4, 0.5) is 0 Å². The molecule has 4 heteroatoms. The standard InChI is InChI=1S/C13H20ClNO.ClH/c1-9(2)4-7-12(15)10-5-6-11(14)13(8-10)16-3;/h5-6,8-9,12H,4,7,15H2,1-3H3;1H/t12-;/m1./s1. The molecule has 0 aliphatic rings. The van der Waals surface area contributed by atoms with E-state index in [4.69, 9.17) is 22.1 Å². The van der Waals surface area contributed by atoms with E-state index in [1.54, 1.807) is 7.11 Å². The maximum Gasteiger partial charge on any atom is 0.137 e. The molecule has 98 valence electrons. The normalized spacial score (nSPS) is 12.1. The first-order valence-corrected chi connectivity index (χ1v) is 6.01. The maximum absolute atomic E-state index is 6.12. The fourth-order valence-corrected chi connectivity index (χ4v) is 1.78. The summed E-state index contributed by atoms with van der Waals surface area (Å²) in [6, 6.07) is 5.79. The van der Waals surface area contributed by atoms with Crippen LogP contribution in [-0.4, -0.2) is 7.11 Å². The van der Waals surface area contributed by atoms with Gasteiger partial charge >= 0.3 is 0 Å². The molecular formula is C13H21Cl2NO. The first kappa shape index (κ1) is 16.6. The fourth-order valence-electron chi connectivity index (χ4n) is 1.59. The van der Waals surface area contributed by atoms with Gasteiger partial charge in [-0.15, -0.1) is 12.4 Å². The van der Waals surface area contributed by atoms with Crippen molar-refractivity contribution in [1.82, 2.24) is 0 Å². The summed E-state index contributed by atoms with van der Waals surface area (Å²) >= 11 is 5.96. The third-order valence-electron chi connectivity index (χ3n) is 2.66. The van der Waals surface area contributed by atoms with Crippen LogP contribution in [-0.2, 0) is 0 Å². The molecule has 0 saturated carbocycles. The molecule has 0 saturated heterocycles. The van der Waals surface area contributed by atoms with E-state index in [2.05, 4.69) is 13.8 Å². The Morgan fingerprint density at radius 1 is 1.29 bits per heavy atom. The number of nitrogens with two attached hydrogens (primary N) is 1. The summed E-state index contributed by atoms with van der Waals surface area (Å²) in [5, 5.41) is 0.627. The molecule has 1 rings (SSSR count). The minimum atomic E-state index is 0. The minimum absolute atomic E-state index is 0. The molecular weight excluding hydrogens is 257 g/mol. The van der Waals surface area contributed by atoms with Crippen LogP contribution in [0, 0.1) is 5.92 Å². The number of rotatable bonds is 5. The van der Waals surface area contributed by atoms with Crippen LogP contribution in [0.5, 0.6) is 5.75 Å². The number of ether oxygens (including phenoxy) is 1. The Morgan fingerprint density at radius 3 is 2.47 bits per heavy atom. The quantitative estimate of drug-likeness (QED) is 0.875. The van der Waals surface area contributed by atoms with Gasteiger partial charge in [0.2, 0.25) is 0 Å². The predicted molar refractivity (Wildman–Crippen MR) is 76.3 cm³/mol. The second-order valence-corrected chi connectivity index (χ2v) is 4.88. The van der Waals surface area contributed by atoms with E-state index in [1.807, 2.05) is 18.2 Å². The van der Waals surface area contributed by atoms with Gasteiger partial charge in [0.1, 0.15) is 5.75 Å². The van der Waals surface area contributed by atoms with Crippen molar-refractivity contribution in [3.63, 3.8) is 0 Å². The molecule has 1 aromatic carbocycles. The van der Waals surface area contributed by atoms with E-state index in [0.717, 1.165) is 18.4 Å². The molecule has 0 radical (unpaired) electrons. The number of hydrogen-bond donors (Lipinski definition) is 1. The van der Waals surface area contributed by atoms with Crippen molar-refractivity contribution < 1.29 is 4.74 Å². The highest BCUT2D eigenvalue weighted by molar-refractivity contribution is 6.32. The maximum atomic E-state index is 6.12. The zero-order chi connectivity index (χ0) is 12.1. The molecule has 0 aliphatic carbocycles. The second kappa shape index (κ2) is 7.80. The Morgan fingerprint density at radius 2 is 1.94 bits per heavy atom.